The van der Waals surface area contributed by atoms with Crippen LogP contribution in [0.3, 0.4) is 0 Å². The summed E-state index contributed by atoms with van der Waals surface area (Å²) in [5.41, 5.74) is 3.34. The lowest BCUT2D eigenvalue weighted by Crippen LogP contribution is -2.08. The maximum atomic E-state index is 13.1. The van der Waals surface area contributed by atoms with Gasteiger partial charge in [-0.25, -0.2) is 22.5 Å². The van der Waals surface area contributed by atoms with Gasteiger partial charge in [0.2, 0.25) is 5.88 Å². The Hall–Kier alpha value is -2.90. The number of aryl methyl sites for hydroxylation is 4. The van der Waals surface area contributed by atoms with E-state index in [-0.39, 0.29) is 11.7 Å². The smallest absolute Gasteiger partial charge is 0.272 e. The van der Waals surface area contributed by atoms with Gasteiger partial charge in [0.1, 0.15) is 17.9 Å². The number of rotatable bonds is 5. The molecule has 0 aliphatic heterocycles. The summed E-state index contributed by atoms with van der Waals surface area (Å²) in [4.78, 5) is 12.4. The van der Waals surface area contributed by atoms with Crippen LogP contribution in [-0.2, 0) is 11.2 Å². The summed E-state index contributed by atoms with van der Waals surface area (Å²) in [5.74, 6) is 0.337. The molecule has 37 heavy (non-hydrogen) atoms. The van der Waals surface area contributed by atoms with Gasteiger partial charge >= 0.3 is 0 Å². The van der Waals surface area contributed by atoms with Gasteiger partial charge in [-0.2, -0.15) is 0 Å². The van der Waals surface area contributed by atoms with Crippen LogP contribution >= 0.6 is 0 Å². The quantitative estimate of drug-likeness (QED) is 0.236. The van der Waals surface area contributed by atoms with Crippen LogP contribution < -0.4 is 4.74 Å². The molecule has 0 radical (unpaired) electrons. The Balaban J connectivity index is -0.000000213. The first kappa shape index (κ1) is 41.2. The lowest BCUT2D eigenvalue weighted by Gasteiger charge is -2.06. The highest BCUT2D eigenvalue weighted by Gasteiger charge is 2.08. The molecule has 1 heterocycles. The second kappa shape index (κ2) is 27.7. The van der Waals surface area contributed by atoms with E-state index in [1.807, 2.05) is 40.7 Å². The first-order chi connectivity index (χ1) is 17.3. The number of hydrogen-bond acceptors (Lipinski definition) is 4. The van der Waals surface area contributed by atoms with Gasteiger partial charge in [0.05, 0.1) is 12.5 Å². The number of hydrogen-bond donors (Lipinski definition) is 1. The Kier molecular flexibility index (Phi) is 30.9. The second-order valence-corrected chi connectivity index (χ2v) is 7.90. The van der Waals surface area contributed by atoms with Crippen molar-refractivity contribution in [1.82, 2.24) is 4.98 Å². The number of aldehydes is 1. The van der Waals surface area contributed by atoms with Crippen molar-refractivity contribution >= 4 is 6.29 Å². The standard InChI is InChI=1S/C10H12F3NO.C9H11F.C4H10.2C2H4O.C2H6/c1-2-3-7-4-10(14-5-8(7)11)15-6-9(12)13;1-6-4-8(3)9(10)5-7(6)2;1-4(2)3;2*1-2-3;1-2/h4-5,9H,2-3,6H2,1H3;4-5H,1-3H3;4H,1-3H3;2H,1H3;2-3H,1H2;1-2H3. The van der Waals surface area contributed by atoms with Crippen LogP contribution in [0.4, 0.5) is 17.6 Å². The molecule has 0 saturated heterocycles. The fourth-order valence-electron chi connectivity index (χ4n) is 2.07. The summed E-state index contributed by atoms with van der Waals surface area (Å²) in [6, 6.07) is 4.80. The largest absolute Gasteiger partial charge is 0.516 e. The van der Waals surface area contributed by atoms with Gasteiger partial charge < -0.3 is 14.6 Å². The zero-order chi connectivity index (χ0) is 30.0. The number of carbonyl (C=O) groups is 1. The van der Waals surface area contributed by atoms with Crippen molar-refractivity contribution in [1.29, 1.82) is 0 Å². The summed E-state index contributed by atoms with van der Waals surface area (Å²) in [6.07, 6.45) is 1.26. The Morgan fingerprint density at radius 2 is 1.43 bits per heavy atom. The number of ether oxygens (including phenoxy) is 1. The molecule has 0 aliphatic rings. The lowest BCUT2D eigenvalue weighted by atomic mass is 10.1. The van der Waals surface area contributed by atoms with Crippen molar-refractivity contribution in [3.05, 3.63) is 71.1 Å². The van der Waals surface area contributed by atoms with Crippen molar-refractivity contribution < 1.29 is 32.2 Å². The van der Waals surface area contributed by atoms with E-state index in [4.69, 9.17) is 9.90 Å². The predicted molar refractivity (Wildman–Crippen MR) is 147 cm³/mol. The molecule has 0 amide bonds. The zero-order valence-electron chi connectivity index (χ0n) is 24.2. The minimum absolute atomic E-state index is 0.0418. The van der Waals surface area contributed by atoms with Crippen LogP contribution in [0.25, 0.3) is 0 Å². The Bertz CT molecular complexity index is 770. The van der Waals surface area contributed by atoms with Gasteiger partial charge in [0.15, 0.2) is 6.61 Å². The van der Waals surface area contributed by atoms with E-state index >= 15 is 0 Å². The van der Waals surface area contributed by atoms with E-state index in [1.54, 1.807) is 13.0 Å². The highest BCUT2D eigenvalue weighted by atomic mass is 19.3. The topological polar surface area (TPSA) is 59.4 Å². The average molecular weight is 534 g/mol. The van der Waals surface area contributed by atoms with E-state index in [0.717, 1.165) is 47.8 Å². The molecule has 0 atom stereocenters. The molecule has 214 valence electrons. The van der Waals surface area contributed by atoms with Crippen LogP contribution in [-0.4, -0.2) is 29.4 Å². The van der Waals surface area contributed by atoms with Crippen LogP contribution in [0.5, 0.6) is 5.88 Å². The van der Waals surface area contributed by atoms with Gasteiger partial charge in [0, 0.05) is 6.07 Å². The first-order valence-corrected chi connectivity index (χ1v) is 12.2. The van der Waals surface area contributed by atoms with Crippen molar-refractivity contribution in [2.75, 3.05) is 6.61 Å². The number of halogens is 4. The molecule has 1 aromatic heterocycles. The second-order valence-electron chi connectivity index (χ2n) is 7.90. The molecular formula is C29H47F4NO3. The SMILES string of the molecule is C=CO.CC.CC(C)C.CC=O.CCCc1cc(OCC(F)F)ncc1F.Cc1cc(C)c(F)cc1C. The maximum Gasteiger partial charge on any atom is 0.272 e. The fourth-order valence-corrected chi connectivity index (χ4v) is 2.07. The monoisotopic (exact) mass is 533 g/mol. The highest BCUT2D eigenvalue weighted by molar-refractivity contribution is 5.44. The van der Waals surface area contributed by atoms with Crippen molar-refractivity contribution in [2.24, 2.45) is 5.92 Å². The normalized spacial score (nSPS) is 8.86. The molecule has 0 bridgehead atoms. The molecular weight excluding hydrogens is 486 g/mol. The number of benzene rings is 1. The van der Waals surface area contributed by atoms with Crippen molar-refractivity contribution in [3.63, 3.8) is 0 Å². The summed E-state index contributed by atoms with van der Waals surface area (Å²) in [6.45, 7) is 21.7. The Morgan fingerprint density at radius 3 is 1.81 bits per heavy atom. The summed E-state index contributed by atoms with van der Waals surface area (Å²) >= 11 is 0. The van der Waals surface area contributed by atoms with Crippen molar-refractivity contribution in [3.8, 4) is 5.88 Å². The number of nitrogens with zero attached hydrogens (tertiary/aromatic N) is 1. The van der Waals surface area contributed by atoms with Gasteiger partial charge in [-0.05, 0) is 68.4 Å². The molecule has 0 unspecified atom stereocenters. The summed E-state index contributed by atoms with van der Waals surface area (Å²) in [7, 11) is 0. The molecule has 8 heteroatoms. The zero-order valence-corrected chi connectivity index (χ0v) is 24.2. The van der Waals surface area contributed by atoms with E-state index < -0.39 is 18.8 Å². The van der Waals surface area contributed by atoms with E-state index in [1.165, 1.54) is 13.0 Å². The number of aromatic nitrogens is 1. The fraction of sp³-hybridized carbons (Fsp3) is 0.517. The molecule has 2 aromatic rings. The molecule has 0 fully saturated rings. The van der Waals surface area contributed by atoms with Crippen LogP contribution in [0, 0.1) is 38.3 Å². The molecule has 0 aliphatic carbocycles. The van der Waals surface area contributed by atoms with E-state index in [2.05, 4.69) is 37.1 Å². The molecule has 1 aromatic carbocycles. The third kappa shape index (κ3) is 27.5. The third-order valence-corrected chi connectivity index (χ3v) is 3.56. The summed E-state index contributed by atoms with van der Waals surface area (Å²) in [5, 5.41) is 7.33. The number of alkyl halides is 2. The minimum Gasteiger partial charge on any atom is -0.516 e. The molecule has 1 N–H and O–H groups in total. The number of aliphatic hydroxyl groups excluding tert-OH is 1. The van der Waals surface area contributed by atoms with Crippen LogP contribution in [0.2, 0.25) is 0 Å². The number of carbonyl (C=O) groups excluding carboxylic acids is 1. The lowest BCUT2D eigenvalue weighted by molar-refractivity contribution is -0.106. The predicted octanol–water partition coefficient (Wildman–Crippen LogP) is 9.15. The maximum absolute atomic E-state index is 13.1. The third-order valence-electron chi connectivity index (χ3n) is 3.56. The molecule has 2 rings (SSSR count). The van der Waals surface area contributed by atoms with Gasteiger partial charge in [-0.3, -0.25) is 0 Å². The van der Waals surface area contributed by atoms with Gasteiger partial charge in [0.25, 0.3) is 6.43 Å². The van der Waals surface area contributed by atoms with E-state index in [9.17, 15) is 17.6 Å². The Labute approximate surface area is 221 Å². The van der Waals surface area contributed by atoms with E-state index in [0.29, 0.717) is 12.0 Å². The van der Waals surface area contributed by atoms with Crippen LogP contribution in [0.15, 0.2) is 37.2 Å². The Morgan fingerprint density at radius 1 is 1.00 bits per heavy atom. The highest BCUT2D eigenvalue weighted by Crippen LogP contribution is 2.15. The van der Waals surface area contributed by atoms with Gasteiger partial charge in [-0.15, -0.1) is 0 Å². The number of pyridine rings is 1. The van der Waals surface area contributed by atoms with Gasteiger partial charge in [-0.1, -0.05) is 60.6 Å². The van der Waals surface area contributed by atoms with Crippen LogP contribution in [0.1, 0.15) is 77.1 Å². The minimum atomic E-state index is -2.55. The number of aliphatic hydroxyl groups is 1. The first-order valence-electron chi connectivity index (χ1n) is 12.2. The molecule has 4 nitrogen and oxygen atoms in total. The molecule has 0 saturated carbocycles. The summed E-state index contributed by atoms with van der Waals surface area (Å²) < 4.78 is 54.2. The molecule has 0 spiro atoms. The average Bonchev–Trinajstić information content (AvgIpc) is 2.81. The van der Waals surface area contributed by atoms with Crippen molar-refractivity contribution in [2.45, 2.75) is 88.5 Å².